The molecule has 20 heavy (non-hydrogen) atoms. The van der Waals surface area contributed by atoms with Crippen molar-refractivity contribution in [1.82, 2.24) is 0 Å². The van der Waals surface area contributed by atoms with Gasteiger partial charge in [-0.25, -0.2) is 0 Å². The van der Waals surface area contributed by atoms with Crippen molar-refractivity contribution in [1.29, 1.82) is 0 Å². The molecular weight excluding hydrogens is 296 g/mol. The normalized spacial score (nSPS) is 15.8. The molecule has 0 radical (unpaired) electrons. The average molecular weight is 322 g/mol. The minimum absolute atomic E-state index is 0.0123. The molecule has 0 aliphatic heterocycles. The average Bonchev–Trinajstić information content (AvgIpc) is 2.10. The Labute approximate surface area is 125 Å². The Morgan fingerprint density at radius 2 is 1.80 bits per heavy atom. The largest absolute Gasteiger partial charge is 0.616 e. The summed E-state index contributed by atoms with van der Waals surface area (Å²) in [5.41, 5.74) is 0. The molecule has 0 aromatic heterocycles. The van der Waals surface area contributed by atoms with Gasteiger partial charge in [0.2, 0.25) is 0 Å². The van der Waals surface area contributed by atoms with E-state index in [1.54, 1.807) is 0 Å². The Hall–Kier alpha value is -0.373. The van der Waals surface area contributed by atoms with Gasteiger partial charge in [0.1, 0.15) is 0 Å². The van der Waals surface area contributed by atoms with Crippen LogP contribution in [-0.4, -0.2) is 47.8 Å². The van der Waals surface area contributed by atoms with E-state index in [9.17, 15) is 14.1 Å². The number of carbonyl (C=O) groups excluding carboxylic acids is 1. The number of hydrogen-bond donors (Lipinski definition) is 1. The van der Waals surface area contributed by atoms with Gasteiger partial charge in [-0.1, -0.05) is 20.8 Å². The SMILES string of the molecule is C[S+]([O-])CC(=O)C[C@H](CC(=O)O)O[Si](C)(C)C(C)(C)C. The highest BCUT2D eigenvalue weighted by Crippen LogP contribution is 2.38. The van der Waals surface area contributed by atoms with Crippen LogP contribution in [0.5, 0.6) is 0 Å². The van der Waals surface area contributed by atoms with Crippen molar-refractivity contribution < 1.29 is 23.7 Å². The second-order valence-electron chi connectivity index (χ2n) is 6.56. The molecule has 5 nitrogen and oxygen atoms in total. The number of aliphatic carboxylic acids is 1. The molecule has 0 saturated carbocycles. The van der Waals surface area contributed by atoms with Gasteiger partial charge in [0.05, 0.1) is 18.8 Å². The lowest BCUT2D eigenvalue weighted by molar-refractivity contribution is -0.139. The molecule has 0 saturated heterocycles. The Kier molecular flexibility index (Phi) is 7.44. The standard InChI is InChI=1S/C13H26O5SSi/c1-13(2,3)20(5,6)18-11(8-12(15)16)7-10(14)9-19(4)17/h11H,7-9H2,1-6H3,(H,15,16)/t11-,19?/m1/s1. The van der Waals surface area contributed by atoms with Gasteiger partial charge in [0, 0.05) is 6.42 Å². The molecule has 0 spiro atoms. The highest BCUT2D eigenvalue weighted by Gasteiger charge is 2.40. The van der Waals surface area contributed by atoms with Crippen molar-refractivity contribution in [2.45, 2.75) is 57.8 Å². The van der Waals surface area contributed by atoms with Crippen LogP contribution >= 0.6 is 0 Å². The van der Waals surface area contributed by atoms with E-state index in [1.165, 1.54) is 6.26 Å². The summed E-state index contributed by atoms with van der Waals surface area (Å²) in [7, 11) is -2.13. The summed E-state index contributed by atoms with van der Waals surface area (Å²) in [4.78, 5) is 22.6. The van der Waals surface area contributed by atoms with E-state index in [-0.39, 0.29) is 29.4 Å². The lowest BCUT2D eigenvalue weighted by Gasteiger charge is -2.38. The van der Waals surface area contributed by atoms with Crippen molar-refractivity contribution in [2.24, 2.45) is 0 Å². The van der Waals surface area contributed by atoms with E-state index in [4.69, 9.17) is 9.53 Å². The van der Waals surface area contributed by atoms with Gasteiger partial charge in [-0.05, 0) is 29.3 Å². The predicted molar refractivity (Wildman–Crippen MR) is 82.9 cm³/mol. The summed E-state index contributed by atoms with van der Waals surface area (Å²) < 4.78 is 17.0. The Morgan fingerprint density at radius 1 is 1.30 bits per heavy atom. The second kappa shape index (κ2) is 7.58. The molecule has 0 aliphatic carbocycles. The van der Waals surface area contributed by atoms with Crippen LogP contribution in [0, 0.1) is 0 Å². The lowest BCUT2D eigenvalue weighted by atomic mass is 10.1. The van der Waals surface area contributed by atoms with Crippen molar-refractivity contribution in [3.63, 3.8) is 0 Å². The third-order valence-corrected chi connectivity index (χ3v) is 8.75. The minimum atomic E-state index is -2.13. The lowest BCUT2D eigenvalue weighted by Crippen LogP contribution is -2.45. The molecule has 0 bridgehead atoms. The number of Topliss-reactive ketones (excluding diaryl/α,β-unsaturated/α-hetero) is 1. The van der Waals surface area contributed by atoms with Crippen LogP contribution in [0.1, 0.15) is 33.6 Å². The highest BCUT2D eigenvalue weighted by molar-refractivity contribution is 7.91. The van der Waals surface area contributed by atoms with Crippen molar-refractivity contribution >= 4 is 31.2 Å². The maximum atomic E-state index is 11.7. The molecule has 118 valence electrons. The zero-order valence-corrected chi connectivity index (χ0v) is 15.0. The number of carboxylic acid groups (broad SMARTS) is 1. The Balaban J connectivity index is 4.82. The van der Waals surface area contributed by atoms with Crippen LogP contribution in [0.25, 0.3) is 0 Å². The Bertz CT molecular complexity index is 349. The molecule has 0 aromatic carbocycles. The molecule has 0 fully saturated rings. The molecular formula is C13H26O5SSi. The van der Waals surface area contributed by atoms with Gasteiger partial charge in [-0.3, -0.25) is 9.59 Å². The van der Waals surface area contributed by atoms with Gasteiger partial charge in [-0.15, -0.1) is 0 Å². The molecule has 1 unspecified atom stereocenters. The predicted octanol–water partition coefficient (Wildman–Crippen LogP) is 2.19. The molecule has 0 heterocycles. The van der Waals surface area contributed by atoms with Crippen molar-refractivity contribution in [3.8, 4) is 0 Å². The summed E-state index contributed by atoms with van der Waals surface area (Å²) in [5.74, 6) is -1.24. The maximum absolute atomic E-state index is 11.7. The van der Waals surface area contributed by atoms with Crippen LogP contribution in [0.3, 0.4) is 0 Å². The summed E-state index contributed by atoms with van der Waals surface area (Å²) >= 11 is -1.21. The highest BCUT2D eigenvalue weighted by atomic mass is 32.2. The third-order valence-electron chi connectivity index (χ3n) is 3.49. The van der Waals surface area contributed by atoms with Crippen LogP contribution < -0.4 is 0 Å². The van der Waals surface area contributed by atoms with Gasteiger partial charge < -0.3 is 14.1 Å². The van der Waals surface area contributed by atoms with Crippen molar-refractivity contribution in [3.05, 3.63) is 0 Å². The molecule has 7 heteroatoms. The van der Waals surface area contributed by atoms with E-state index < -0.39 is 31.6 Å². The zero-order valence-electron chi connectivity index (χ0n) is 13.2. The van der Waals surface area contributed by atoms with Crippen molar-refractivity contribution in [2.75, 3.05) is 12.0 Å². The number of ketones is 1. The smallest absolute Gasteiger partial charge is 0.305 e. The van der Waals surface area contributed by atoms with E-state index in [1.807, 2.05) is 13.1 Å². The molecule has 0 aliphatic rings. The molecule has 1 N–H and O–H groups in total. The Morgan fingerprint density at radius 3 is 2.15 bits per heavy atom. The maximum Gasteiger partial charge on any atom is 0.305 e. The van der Waals surface area contributed by atoms with Crippen LogP contribution in [0.4, 0.5) is 0 Å². The van der Waals surface area contributed by atoms with Crippen LogP contribution in [0.2, 0.25) is 18.1 Å². The first-order valence-corrected chi connectivity index (χ1v) is 11.2. The fourth-order valence-electron chi connectivity index (χ4n) is 1.48. The van der Waals surface area contributed by atoms with Gasteiger partial charge >= 0.3 is 5.97 Å². The zero-order chi connectivity index (χ0) is 16.1. The third kappa shape index (κ3) is 7.42. The topological polar surface area (TPSA) is 86.7 Å². The van der Waals surface area contributed by atoms with Crippen LogP contribution in [-0.2, 0) is 25.2 Å². The minimum Gasteiger partial charge on any atom is -0.616 e. The van der Waals surface area contributed by atoms with E-state index in [2.05, 4.69) is 20.8 Å². The van der Waals surface area contributed by atoms with E-state index >= 15 is 0 Å². The quantitative estimate of drug-likeness (QED) is 0.547. The summed E-state index contributed by atoms with van der Waals surface area (Å²) in [6.45, 7) is 10.2. The summed E-state index contributed by atoms with van der Waals surface area (Å²) in [6, 6.07) is 0. The summed E-state index contributed by atoms with van der Waals surface area (Å²) in [6.07, 6.45) is 0.635. The number of hydrogen-bond acceptors (Lipinski definition) is 4. The fourth-order valence-corrected chi connectivity index (χ4v) is 3.41. The first-order chi connectivity index (χ1) is 8.85. The van der Waals surface area contributed by atoms with Gasteiger partial charge in [-0.2, -0.15) is 0 Å². The number of rotatable bonds is 8. The first-order valence-electron chi connectivity index (χ1n) is 6.56. The molecule has 0 aromatic rings. The van der Waals surface area contributed by atoms with E-state index in [0.29, 0.717) is 0 Å². The second-order valence-corrected chi connectivity index (χ2v) is 12.7. The monoisotopic (exact) mass is 322 g/mol. The van der Waals surface area contributed by atoms with Gasteiger partial charge in [0.25, 0.3) is 0 Å². The number of carboxylic acids is 1. The molecule has 2 atom stereocenters. The van der Waals surface area contributed by atoms with Crippen LogP contribution in [0.15, 0.2) is 0 Å². The first kappa shape index (κ1) is 19.6. The van der Waals surface area contributed by atoms with E-state index in [0.717, 1.165) is 0 Å². The number of carbonyl (C=O) groups is 2. The molecule has 0 rings (SSSR count). The fraction of sp³-hybridized carbons (Fsp3) is 0.846. The van der Waals surface area contributed by atoms with Gasteiger partial charge in [0.15, 0.2) is 19.9 Å². The summed E-state index contributed by atoms with van der Waals surface area (Å²) in [5, 5.41) is 8.89. The molecule has 0 amide bonds.